The maximum Gasteiger partial charge on any atom is 0.257 e. The number of aryl methyl sites for hydroxylation is 2. The van der Waals surface area contributed by atoms with Gasteiger partial charge in [0.2, 0.25) is 0 Å². The molecule has 26 heavy (non-hydrogen) atoms. The lowest BCUT2D eigenvalue weighted by Crippen LogP contribution is -2.30. The average molecular weight is 370 g/mol. The Kier molecular flexibility index (Phi) is 7.01. The molecule has 4 heteroatoms. The highest BCUT2D eigenvalue weighted by atomic mass is 32.2. The smallest absolute Gasteiger partial charge is 0.257 e. The summed E-state index contributed by atoms with van der Waals surface area (Å²) in [5, 5.41) is 2.95. The summed E-state index contributed by atoms with van der Waals surface area (Å²) in [5.74, 6) is 2.71. The highest BCUT2D eigenvalue weighted by Crippen LogP contribution is 2.29. The molecule has 2 aromatic rings. The predicted octanol–water partition coefficient (Wildman–Crippen LogP) is 4.30. The minimum atomic E-state index is -0.0467. The van der Waals surface area contributed by atoms with E-state index in [9.17, 15) is 4.79 Å². The number of hydrogen-bond acceptors (Lipinski definition) is 3. The van der Waals surface area contributed by atoms with Crippen LogP contribution in [-0.4, -0.2) is 24.8 Å². The molecule has 1 amide bonds. The summed E-state index contributed by atoms with van der Waals surface area (Å²) in [7, 11) is 0. The SMILES string of the molecule is Cc1cccc(CSCCNC(=O)COc2cccc3c2CCCC3)c1. The highest BCUT2D eigenvalue weighted by molar-refractivity contribution is 7.98. The van der Waals surface area contributed by atoms with Crippen LogP contribution in [0.25, 0.3) is 0 Å². The largest absolute Gasteiger partial charge is 0.483 e. The van der Waals surface area contributed by atoms with Gasteiger partial charge >= 0.3 is 0 Å². The van der Waals surface area contributed by atoms with E-state index in [1.165, 1.54) is 35.1 Å². The van der Waals surface area contributed by atoms with Gasteiger partial charge in [-0.2, -0.15) is 11.8 Å². The first-order valence-corrected chi connectivity index (χ1v) is 10.5. The fraction of sp³-hybridized carbons (Fsp3) is 0.409. The molecule has 0 saturated carbocycles. The van der Waals surface area contributed by atoms with Gasteiger partial charge in [0.05, 0.1) is 0 Å². The minimum absolute atomic E-state index is 0.0467. The molecule has 1 aliphatic carbocycles. The predicted molar refractivity (Wildman–Crippen MR) is 109 cm³/mol. The third-order valence-electron chi connectivity index (χ3n) is 4.63. The maximum absolute atomic E-state index is 12.0. The monoisotopic (exact) mass is 369 g/mol. The zero-order valence-electron chi connectivity index (χ0n) is 15.4. The van der Waals surface area contributed by atoms with Gasteiger partial charge in [0.1, 0.15) is 5.75 Å². The summed E-state index contributed by atoms with van der Waals surface area (Å²) < 4.78 is 5.79. The Balaban J connectivity index is 1.35. The van der Waals surface area contributed by atoms with Crippen LogP contribution in [0.1, 0.15) is 35.1 Å². The van der Waals surface area contributed by atoms with E-state index in [1.807, 2.05) is 23.9 Å². The molecule has 2 aromatic carbocycles. The molecular weight excluding hydrogens is 342 g/mol. The first-order valence-electron chi connectivity index (χ1n) is 9.36. The molecule has 3 rings (SSSR count). The molecule has 0 fully saturated rings. The summed E-state index contributed by atoms with van der Waals surface area (Å²) in [6, 6.07) is 14.7. The molecule has 0 radical (unpaired) electrons. The molecule has 0 aliphatic heterocycles. The number of fused-ring (bicyclic) bond motifs is 1. The molecule has 1 N–H and O–H groups in total. The van der Waals surface area contributed by atoms with Gasteiger partial charge in [-0.3, -0.25) is 4.79 Å². The first-order chi connectivity index (χ1) is 12.7. The number of carbonyl (C=O) groups excluding carboxylic acids is 1. The number of thioether (sulfide) groups is 1. The number of rotatable bonds is 8. The normalized spacial score (nSPS) is 13.1. The van der Waals surface area contributed by atoms with Crippen molar-refractivity contribution in [2.24, 2.45) is 0 Å². The van der Waals surface area contributed by atoms with Gasteiger partial charge in [0, 0.05) is 18.1 Å². The molecule has 0 aromatic heterocycles. The fourth-order valence-electron chi connectivity index (χ4n) is 3.33. The van der Waals surface area contributed by atoms with Crippen LogP contribution in [0, 0.1) is 6.92 Å². The van der Waals surface area contributed by atoms with Crippen LogP contribution < -0.4 is 10.1 Å². The van der Waals surface area contributed by atoms with Crippen molar-refractivity contribution in [1.82, 2.24) is 5.32 Å². The molecule has 1 aliphatic rings. The number of amides is 1. The van der Waals surface area contributed by atoms with Crippen molar-refractivity contribution >= 4 is 17.7 Å². The van der Waals surface area contributed by atoms with Crippen LogP contribution in [0.3, 0.4) is 0 Å². The molecule has 0 heterocycles. The Hall–Kier alpha value is -1.94. The standard InChI is InChI=1S/C22H27NO2S/c1-17-6-4-7-18(14-17)16-26-13-12-23-22(24)15-25-21-11-5-9-19-8-2-3-10-20(19)21/h4-7,9,11,14H,2-3,8,10,12-13,15-16H2,1H3,(H,23,24). The first kappa shape index (κ1) is 18.8. The van der Waals surface area contributed by atoms with Gasteiger partial charge in [0.15, 0.2) is 6.61 Å². The molecule has 0 spiro atoms. The van der Waals surface area contributed by atoms with Crippen LogP contribution >= 0.6 is 11.8 Å². The summed E-state index contributed by atoms with van der Waals surface area (Å²) in [4.78, 5) is 12.0. The number of benzene rings is 2. The van der Waals surface area contributed by atoms with Crippen LogP contribution in [0.15, 0.2) is 42.5 Å². The van der Waals surface area contributed by atoms with Crippen molar-refractivity contribution < 1.29 is 9.53 Å². The Morgan fingerprint density at radius 3 is 2.88 bits per heavy atom. The van der Waals surface area contributed by atoms with Crippen molar-refractivity contribution in [3.05, 3.63) is 64.7 Å². The van der Waals surface area contributed by atoms with E-state index in [-0.39, 0.29) is 12.5 Å². The lowest BCUT2D eigenvalue weighted by atomic mass is 9.91. The quantitative estimate of drug-likeness (QED) is 0.705. The number of ether oxygens (including phenoxy) is 1. The van der Waals surface area contributed by atoms with Crippen LogP contribution in [0.4, 0.5) is 0 Å². The van der Waals surface area contributed by atoms with E-state index < -0.39 is 0 Å². The zero-order valence-corrected chi connectivity index (χ0v) is 16.2. The Morgan fingerprint density at radius 2 is 2.00 bits per heavy atom. The Bertz CT molecular complexity index is 745. The summed E-state index contributed by atoms with van der Waals surface area (Å²) in [6.45, 7) is 2.88. The number of nitrogens with one attached hydrogen (secondary N) is 1. The molecule has 0 bridgehead atoms. The number of hydrogen-bond donors (Lipinski definition) is 1. The third-order valence-corrected chi connectivity index (χ3v) is 5.66. The fourth-order valence-corrected chi connectivity index (χ4v) is 4.14. The van der Waals surface area contributed by atoms with Crippen molar-refractivity contribution in [1.29, 1.82) is 0 Å². The van der Waals surface area contributed by atoms with E-state index in [1.54, 1.807) is 0 Å². The van der Waals surface area contributed by atoms with Crippen molar-refractivity contribution in [3.8, 4) is 5.75 Å². The van der Waals surface area contributed by atoms with Crippen molar-refractivity contribution in [2.45, 2.75) is 38.4 Å². The topological polar surface area (TPSA) is 38.3 Å². The van der Waals surface area contributed by atoms with Crippen LogP contribution in [0.5, 0.6) is 5.75 Å². The van der Waals surface area contributed by atoms with Gasteiger partial charge in [-0.05, 0) is 55.4 Å². The van der Waals surface area contributed by atoms with Crippen LogP contribution in [-0.2, 0) is 23.4 Å². The van der Waals surface area contributed by atoms with E-state index in [2.05, 4.69) is 42.6 Å². The lowest BCUT2D eigenvalue weighted by Gasteiger charge is -2.19. The zero-order chi connectivity index (χ0) is 18.2. The number of carbonyl (C=O) groups is 1. The second-order valence-electron chi connectivity index (χ2n) is 6.78. The summed E-state index contributed by atoms with van der Waals surface area (Å²) in [6.07, 6.45) is 4.63. The lowest BCUT2D eigenvalue weighted by molar-refractivity contribution is -0.122. The molecule has 0 saturated heterocycles. The van der Waals surface area contributed by atoms with Crippen molar-refractivity contribution in [3.63, 3.8) is 0 Å². The maximum atomic E-state index is 12.0. The van der Waals surface area contributed by atoms with Gasteiger partial charge in [-0.25, -0.2) is 0 Å². The Labute approximate surface area is 160 Å². The molecule has 138 valence electrons. The highest BCUT2D eigenvalue weighted by Gasteiger charge is 2.14. The summed E-state index contributed by atoms with van der Waals surface area (Å²) >= 11 is 1.83. The third kappa shape index (κ3) is 5.53. The van der Waals surface area contributed by atoms with Gasteiger partial charge in [0.25, 0.3) is 5.91 Å². The molecule has 3 nitrogen and oxygen atoms in total. The minimum Gasteiger partial charge on any atom is -0.483 e. The molecule has 0 atom stereocenters. The summed E-state index contributed by atoms with van der Waals surface area (Å²) in [5.41, 5.74) is 5.29. The Morgan fingerprint density at radius 1 is 1.15 bits per heavy atom. The van der Waals surface area contributed by atoms with E-state index in [0.29, 0.717) is 6.54 Å². The van der Waals surface area contributed by atoms with E-state index in [4.69, 9.17) is 4.74 Å². The van der Waals surface area contributed by atoms with Crippen molar-refractivity contribution in [2.75, 3.05) is 18.9 Å². The second-order valence-corrected chi connectivity index (χ2v) is 7.89. The average Bonchev–Trinajstić information content (AvgIpc) is 2.66. The van der Waals surface area contributed by atoms with E-state index >= 15 is 0 Å². The molecule has 0 unspecified atom stereocenters. The van der Waals surface area contributed by atoms with Gasteiger partial charge < -0.3 is 10.1 Å². The van der Waals surface area contributed by atoms with Crippen LogP contribution in [0.2, 0.25) is 0 Å². The van der Waals surface area contributed by atoms with E-state index in [0.717, 1.165) is 30.1 Å². The second kappa shape index (κ2) is 9.67. The van der Waals surface area contributed by atoms with Gasteiger partial charge in [-0.1, -0.05) is 42.0 Å². The van der Waals surface area contributed by atoms with Gasteiger partial charge in [-0.15, -0.1) is 0 Å². The molecular formula is C22H27NO2S.